The van der Waals surface area contributed by atoms with Crippen molar-refractivity contribution >= 4 is 17.2 Å². The molecule has 0 bridgehead atoms. The van der Waals surface area contributed by atoms with Crippen LogP contribution in [0.1, 0.15) is 21.1 Å². The molecule has 1 heterocycles. The third-order valence-electron chi connectivity index (χ3n) is 3.57. The molecule has 0 aliphatic rings. The predicted molar refractivity (Wildman–Crippen MR) is 97.0 cm³/mol. The zero-order valence-electron chi connectivity index (χ0n) is 14.1. The smallest absolute Gasteiger partial charge is 0.271 e. The van der Waals surface area contributed by atoms with Crippen molar-refractivity contribution in [2.75, 3.05) is 7.11 Å². The maximum atomic E-state index is 12.9. The molecule has 3 aromatic rings. The summed E-state index contributed by atoms with van der Waals surface area (Å²) in [5.41, 5.74) is 1.32. The zero-order valence-corrected chi connectivity index (χ0v) is 14.9. The molecule has 1 aromatic heterocycles. The van der Waals surface area contributed by atoms with E-state index in [0.717, 1.165) is 11.3 Å². The van der Waals surface area contributed by atoms with Gasteiger partial charge in [-0.15, -0.1) is 11.3 Å². The molecule has 3 rings (SSSR count). The number of thiazole rings is 1. The van der Waals surface area contributed by atoms with E-state index in [9.17, 15) is 9.18 Å². The van der Waals surface area contributed by atoms with Crippen molar-refractivity contribution in [2.24, 2.45) is 0 Å². The topological polar surface area (TPSA) is 60.5 Å². The summed E-state index contributed by atoms with van der Waals surface area (Å²) in [7, 11) is 1.61. The molecular formula is C19H17FN2O3S. The molecule has 0 spiro atoms. The average Bonchev–Trinajstić information content (AvgIpc) is 3.15. The van der Waals surface area contributed by atoms with E-state index in [1.807, 2.05) is 24.3 Å². The van der Waals surface area contributed by atoms with Crippen LogP contribution in [0.4, 0.5) is 4.39 Å². The van der Waals surface area contributed by atoms with Crippen LogP contribution < -0.4 is 14.8 Å². The van der Waals surface area contributed by atoms with Gasteiger partial charge in [-0.25, -0.2) is 9.37 Å². The third kappa shape index (κ3) is 4.80. The molecule has 0 aliphatic carbocycles. The number of benzene rings is 2. The normalized spacial score (nSPS) is 10.4. The Balaban J connectivity index is 1.51. The number of hydrogen-bond acceptors (Lipinski definition) is 5. The summed E-state index contributed by atoms with van der Waals surface area (Å²) in [6.45, 7) is 0.629. The van der Waals surface area contributed by atoms with E-state index in [1.54, 1.807) is 24.6 Å². The Morgan fingerprint density at radius 2 is 1.81 bits per heavy atom. The summed E-state index contributed by atoms with van der Waals surface area (Å²) in [6.07, 6.45) is 0. The van der Waals surface area contributed by atoms with Crippen LogP contribution in [-0.2, 0) is 13.2 Å². The average molecular weight is 372 g/mol. The Bertz CT molecular complexity index is 863. The van der Waals surface area contributed by atoms with Crippen molar-refractivity contribution in [2.45, 2.75) is 13.2 Å². The van der Waals surface area contributed by atoms with Crippen molar-refractivity contribution in [3.05, 3.63) is 76.0 Å². The maximum Gasteiger partial charge on any atom is 0.271 e. The van der Waals surface area contributed by atoms with Gasteiger partial charge < -0.3 is 14.8 Å². The van der Waals surface area contributed by atoms with Gasteiger partial charge in [0.05, 0.1) is 7.11 Å². The number of carbonyl (C=O) groups is 1. The summed E-state index contributed by atoms with van der Waals surface area (Å²) in [4.78, 5) is 16.5. The molecule has 1 N–H and O–H groups in total. The molecule has 0 aliphatic heterocycles. The van der Waals surface area contributed by atoms with Crippen LogP contribution in [-0.4, -0.2) is 18.0 Å². The van der Waals surface area contributed by atoms with Gasteiger partial charge >= 0.3 is 0 Å². The minimum absolute atomic E-state index is 0.224. The Morgan fingerprint density at radius 1 is 1.12 bits per heavy atom. The molecule has 0 radical (unpaired) electrons. The van der Waals surface area contributed by atoms with Crippen LogP contribution in [0.3, 0.4) is 0 Å². The van der Waals surface area contributed by atoms with Gasteiger partial charge in [-0.05, 0) is 42.0 Å². The van der Waals surface area contributed by atoms with E-state index in [1.165, 1.54) is 23.5 Å². The highest BCUT2D eigenvalue weighted by Crippen LogP contribution is 2.16. The van der Waals surface area contributed by atoms with Gasteiger partial charge in [-0.2, -0.15) is 0 Å². The van der Waals surface area contributed by atoms with Crippen LogP contribution in [0.2, 0.25) is 0 Å². The maximum absolute atomic E-state index is 12.9. The highest BCUT2D eigenvalue weighted by molar-refractivity contribution is 7.09. The van der Waals surface area contributed by atoms with E-state index in [0.29, 0.717) is 23.0 Å². The number of carbonyl (C=O) groups excluding carboxylic acids is 1. The highest BCUT2D eigenvalue weighted by atomic mass is 32.1. The summed E-state index contributed by atoms with van der Waals surface area (Å²) in [5, 5.41) is 5.19. The molecule has 26 heavy (non-hydrogen) atoms. The van der Waals surface area contributed by atoms with E-state index in [-0.39, 0.29) is 18.3 Å². The highest BCUT2D eigenvalue weighted by Gasteiger charge is 2.11. The molecule has 134 valence electrons. The number of ether oxygens (including phenoxy) is 2. The minimum Gasteiger partial charge on any atom is -0.497 e. The van der Waals surface area contributed by atoms with Crippen LogP contribution in [0.25, 0.3) is 0 Å². The van der Waals surface area contributed by atoms with Crippen LogP contribution >= 0.6 is 11.3 Å². The van der Waals surface area contributed by atoms with Gasteiger partial charge in [0.25, 0.3) is 5.91 Å². The van der Waals surface area contributed by atoms with Gasteiger partial charge in [0.15, 0.2) is 0 Å². The Hall–Kier alpha value is -2.93. The first-order valence-corrected chi connectivity index (χ1v) is 8.76. The summed E-state index contributed by atoms with van der Waals surface area (Å²) in [5.74, 6) is 0.755. The van der Waals surface area contributed by atoms with E-state index in [2.05, 4.69) is 10.3 Å². The fourth-order valence-corrected chi connectivity index (χ4v) is 2.86. The second-order valence-corrected chi connectivity index (χ2v) is 6.34. The van der Waals surface area contributed by atoms with Gasteiger partial charge in [-0.3, -0.25) is 4.79 Å². The van der Waals surface area contributed by atoms with Gasteiger partial charge in [0.1, 0.15) is 34.6 Å². The van der Waals surface area contributed by atoms with Crippen LogP contribution in [0.15, 0.2) is 53.9 Å². The predicted octanol–water partition coefficient (Wildman–Crippen LogP) is 3.80. The largest absolute Gasteiger partial charge is 0.497 e. The first-order chi connectivity index (χ1) is 12.6. The quantitative estimate of drug-likeness (QED) is 0.685. The van der Waals surface area contributed by atoms with Crippen molar-refractivity contribution in [1.82, 2.24) is 10.3 Å². The summed E-state index contributed by atoms with van der Waals surface area (Å²) >= 11 is 1.34. The molecule has 1 amide bonds. The molecule has 0 unspecified atom stereocenters. The zero-order chi connectivity index (χ0) is 18.4. The number of nitrogens with zero attached hydrogens (tertiary/aromatic N) is 1. The molecular weight excluding hydrogens is 355 g/mol. The SMILES string of the molecule is COc1ccc(CNC(=O)c2csc(COc3ccc(F)cc3)n2)cc1. The second kappa shape index (κ2) is 8.44. The van der Waals surface area contributed by atoms with Gasteiger partial charge in [0.2, 0.25) is 0 Å². The second-order valence-electron chi connectivity index (χ2n) is 5.40. The molecule has 5 nitrogen and oxygen atoms in total. The summed E-state index contributed by atoms with van der Waals surface area (Å²) in [6, 6.07) is 13.2. The molecule has 0 saturated heterocycles. The number of nitrogens with one attached hydrogen (secondary N) is 1. The number of amides is 1. The standard InChI is InChI=1S/C19H17FN2O3S/c1-24-15-6-2-13(3-7-15)10-21-19(23)17-12-26-18(22-17)11-25-16-8-4-14(20)5-9-16/h2-9,12H,10-11H2,1H3,(H,21,23). The van der Waals surface area contributed by atoms with E-state index in [4.69, 9.17) is 9.47 Å². The molecule has 2 aromatic carbocycles. The van der Waals surface area contributed by atoms with Crippen molar-refractivity contribution in [3.8, 4) is 11.5 Å². The number of hydrogen-bond donors (Lipinski definition) is 1. The Labute approximate surface area is 154 Å². The number of aromatic nitrogens is 1. The molecule has 7 heteroatoms. The lowest BCUT2D eigenvalue weighted by Crippen LogP contribution is -2.23. The van der Waals surface area contributed by atoms with Gasteiger partial charge in [0, 0.05) is 11.9 Å². The lowest BCUT2D eigenvalue weighted by Gasteiger charge is -2.05. The Kier molecular flexibility index (Phi) is 5.80. The molecule has 0 atom stereocenters. The fraction of sp³-hybridized carbons (Fsp3) is 0.158. The first kappa shape index (κ1) is 17.9. The lowest BCUT2D eigenvalue weighted by atomic mass is 10.2. The Morgan fingerprint density at radius 3 is 2.50 bits per heavy atom. The fourth-order valence-electron chi connectivity index (χ4n) is 2.17. The monoisotopic (exact) mass is 372 g/mol. The number of methoxy groups -OCH3 is 1. The molecule has 0 saturated carbocycles. The third-order valence-corrected chi connectivity index (χ3v) is 4.39. The van der Waals surface area contributed by atoms with Crippen LogP contribution in [0.5, 0.6) is 11.5 Å². The van der Waals surface area contributed by atoms with E-state index >= 15 is 0 Å². The van der Waals surface area contributed by atoms with Crippen molar-refractivity contribution < 1.29 is 18.7 Å². The lowest BCUT2D eigenvalue weighted by molar-refractivity contribution is 0.0946. The number of rotatable bonds is 7. The summed E-state index contributed by atoms with van der Waals surface area (Å²) < 4.78 is 23.5. The van der Waals surface area contributed by atoms with Crippen molar-refractivity contribution in [1.29, 1.82) is 0 Å². The molecule has 0 fully saturated rings. The number of halogens is 1. The minimum atomic E-state index is -0.317. The van der Waals surface area contributed by atoms with E-state index < -0.39 is 0 Å². The van der Waals surface area contributed by atoms with Gasteiger partial charge in [-0.1, -0.05) is 12.1 Å². The van der Waals surface area contributed by atoms with Crippen molar-refractivity contribution in [3.63, 3.8) is 0 Å². The first-order valence-electron chi connectivity index (χ1n) is 7.88. The van der Waals surface area contributed by atoms with Crippen LogP contribution in [0, 0.1) is 5.82 Å².